The summed E-state index contributed by atoms with van der Waals surface area (Å²) in [5.41, 5.74) is 1.81. The Balaban J connectivity index is 1.67. The average molecular weight is 392 g/mol. The van der Waals surface area contributed by atoms with E-state index in [0.29, 0.717) is 0 Å². The smallest absolute Gasteiger partial charge is 0.0594 e. The predicted molar refractivity (Wildman–Crippen MR) is 121 cm³/mol. The zero-order valence-corrected chi connectivity index (χ0v) is 18.0. The van der Waals surface area contributed by atoms with Crippen LogP contribution in [-0.4, -0.2) is 31.2 Å². The summed E-state index contributed by atoms with van der Waals surface area (Å²) in [6, 6.07) is 16.4. The lowest BCUT2D eigenvalue weighted by molar-refractivity contribution is -0.0959. The molecule has 2 aliphatic carbocycles. The molecule has 0 amide bonds. The Morgan fingerprint density at radius 1 is 0.690 bits per heavy atom. The van der Waals surface area contributed by atoms with E-state index in [-0.39, 0.29) is 5.54 Å². The summed E-state index contributed by atoms with van der Waals surface area (Å²) in [7, 11) is 0. The number of morpholine rings is 1. The van der Waals surface area contributed by atoms with Crippen LogP contribution in [0.25, 0.3) is 10.8 Å². The number of benzene rings is 2. The SMILES string of the molecule is c1ccc2cc(C(C3CCCCC3)(C3CCCCC3)N3CCOCC3)ccc2c1. The van der Waals surface area contributed by atoms with Crippen molar-refractivity contribution in [2.24, 2.45) is 11.8 Å². The Labute approximate surface area is 176 Å². The monoisotopic (exact) mass is 391 g/mol. The summed E-state index contributed by atoms with van der Waals surface area (Å²) in [5, 5.41) is 2.79. The fraction of sp³-hybridized carbons (Fsp3) is 0.630. The van der Waals surface area contributed by atoms with Crippen LogP contribution in [0.4, 0.5) is 0 Å². The molecule has 3 aliphatic rings. The number of hydrogen-bond acceptors (Lipinski definition) is 2. The first-order valence-electron chi connectivity index (χ1n) is 12.2. The number of rotatable bonds is 4. The maximum atomic E-state index is 5.83. The van der Waals surface area contributed by atoms with E-state index in [4.69, 9.17) is 4.74 Å². The van der Waals surface area contributed by atoms with Crippen molar-refractivity contribution >= 4 is 10.8 Å². The van der Waals surface area contributed by atoms with Crippen LogP contribution in [0.3, 0.4) is 0 Å². The Hall–Kier alpha value is -1.38. The van der Waals surface area contributed by atoms with Gasteiger partial charge in [-0.15, -0.1) is 0 Å². The summed E-state index contributed by atoms with van der Waals surface area (Å²) < 4.78 is 5.83. The summed E-state index contributed by atoms with van der Waals surface area (Å²) >= 11 is 0. The van der Waals surface area contributed by atoms with Gasteiger partial charge in [0.05, 0.1) is 18.8 Å². The summed E-state index contributed by atoms with van der Waals surface area (Å²) in [6.45, 7) is 3.99. The fourth-order valence-corrected chi connectivity index (χ4v) is 6.96. The fourth-order valence-electron chi connectivity index (χ4n) is 6.96. The molecular formula is C27H37NO. The first-order valence-corrected chi connectivity index (χ1v) is 12.2. The van der Waals surface area contributed by atoms with E-state index in [2.05, 4.69) is 47.4 Å². The molecule has 2 nitrogen and oxygen atoms in total. The van der Waals surface area contributed by atoms with Gasteiger partial charge in [-0.1, -0.05) is 74.9 Å². The van der Waals surface area contributed by atoms with Gasteiger partial charge < -0.3 is 4.74 Å². The molecule has 0 bridgehead atoms. The molecule has 1 saturated heterocycles. The van der Waals surface area contributed by atoms with Gasteiger partial charge in [-0.05, 0) is 59.9 Å². The molecule has 5 rings (SSSR count). The number of hydrogen-bond donors (Lipinski definition) is 0. The van der Waals surface area contributed by atoms with Crippen LogP contribution in [0.1, 0.15) is 69.8 Å². The van der Waals surface area contributed by atoms with Crippen LogP contribution in [0.2, 0.25) is 0 Å². The van der Waals surface area contributed by atoms with E-state index in [1.807, 2.05) is 0 Å². The van der Waals surface area contributed by atoms with Crippen LogP contribution in [0.5, 0.6) is 0 Å². The third-order valence-corrected chi connectivity index (χ3v) is 8.20. The molecule has 1 heterocycles. The van der Waals surface area contributed by atoms with Gasteiger partial charge >= 0.3 is 0 Å². The van der Waals surface area contributed by atoms with E-state index in [0.717, 1.165) is 38.1 Å². The standard InChI is InChI=1S/C27H37NO/c1-3-11-24(12-4-1)27(25-13-5-2-6-14-25,28-17-19-29-20-18-28)26-16-15-22-9-7-8-10-23(22)21-26/h7-10,15-16,21,24-25H,1-6,11-14,17-20H2. The van der Waals surface area contributed by atoms with Gasteiger partial charge in [-0.3, -0.25) is 4.90 Å². The van der Waals surface area contributed by atoms with E-state index in [9.17, 15) is 0 Å². The zero-order chi connectivity index (χ0) is 19.5. The van der Waals surface area contributed by atoms with Gasteiger partial charge in [-0.25, -0.2) is 0 Å². The molecule has 0 unspecified atom stereocenters. The molecule has 0 aromatic heterocycles. The number of ether oxygens (including phenoxy) is 1. The van der Waals surface area contributed by atoms with E-state index in [1.165, 1.54) is 75.0 Å². The minimum Gasteiger partial charge on any atom is -0.379 e. The average Bonchev–Trinajstić information content (AvgIpc) is 2.82. The summed E-state index contributed by atoms with van der Waals surface area (Å²) in [4.78, 5) is 2.90. The molecule has 2 heteroatoms. The predicted octanol–water partition coefficient (Wildman–Crippen LogP) is 6.53. The number of fused-ring (bicyclic) bond motifs is 1. The number of nitrogens with zero attached hydrogens (tertiary/aromatic N) is 1. The second-order valence-electron chi connectivity index (χ2n) is 9.66. The van der Waals surface area contributed by atoms with Crippen LogP contribution in [0, 0.1) is 11.8 Å². The van der Waals surface area contributed by atoms with Gasteiger partial charge in [0.2, 0.25) is 0 Å². The van der Waals surface area contributed by atoms with Gasteiger partial charge in [0.25, 0.3) is 0 Å². The Morgan fingerprint density at radius 3 is 1.90 bits per heavy atom. The third-order valence-electron chi connectivity index (χ3n) is 8.20. The Kier molecular flexibility index (Phi) is 5.92. The molecular weight excluding hydrogens is 354 g/mol. The van der Waals surface area contributed by atoms with Gasteiger partial charge in [0.15, 0.2) is 0 Å². The normalized spacial score (nSPS) is 23.4. The topological polar surface area (TPSA) is 12.5 Å². The quantitative estimate of drug-likeness (QED) is 0.587. The molecule has 2 aromatic carbocycles. The van der Waals surface area contributed by atoms with Gasteiger partial charge in [0.1, 0.15) is 0 Å². The van der Waals surface area contributed by atoms with E-state index >= 15 is 0 Å². The summed E-state index contributed by atoms with van der Waals surface area (Å²) in [5.74, 6) is 1.58. The van der Waals surface area contributed by atoms with Crippen molar-refractivity contribution in [1.29, 1.82) is 0 Å². The highest BCUT2D eigenvalue weighted by Crippen LogP contribution is 2.53. The molecule has 3 fully saturated rings. The van der Waals surface area contributed by atoms with Crippen LogP contribution in [0.15, 0.2) is 42.5 Å². The van der Waals surface area contributed by atoms with E-state index in [1.54, 1.807) is 5.56 Å². The highest BCUT2D eigenvalue weighted by Gasteiger charge is 2.51. The van der Waals surface area contributed by atoms with Crippen molar-refractivity contribution in [2.75, 3.05) is 26.3 Å². The third kappa shape index (κ3) is 3.64. The van der Waals surface area contributed by atoms with Crippen molar-refractivity contribution < 1.29 is 4.74 Å². The minimum absolute atomic E-state index is 0.203. The van der Waals surface area contributed by atoms with Crippen molar-refractivity contribution in [3.05, 3.63) is 48.0 Å². The highest BCUT2D eigenvalue weighted by atomic mass is 16.5. The molecule has 0 atom stereocenters. The Bertz CT molecular complexity index is 751. The van der Waals surface area contributed by atoms with E-state index < -0.39 is 0 Å². The first kappa shape index (κ1) is 19.6. The second kappa shape index (κ2) is 8.78. The van der Waals surface area contributed by atoms with Crippen molar-refractivity contribution in [3.63, 3.8) is 0 Å². The lowest BCUT2D eigenvalue weighted by Crippen LogP contribution is -2.60. The van der Waals surface area contributed by atoms with Crippen molar-refractivity contribution in [2.45, 2.75) is 69.7 Å². The van der Waals surface area contributed by atoms with Crippen LogP contribution < -0.4 is 0 Å². The maximum Gasteiger partial charge on any atom is 0.0594 e. The van der Waals surface area contributed by atoms with Gasteiger partial charge in [0, 0.05) is 13.1 Å². The molecule has 156 valence electrons. The lowest BCUT2D eigenvalue weighted by Gasteiger charge is -2.57. The van der Waals surface area contributed by atoms with Crippen molar-refractivity contribution in [3.8, 4) is 0 Å². The first-order chi connectivity index (χ1) is 14.4. The molecule has 29 heavy (non-hydrogen) atoms. The molecule has 2 saturated carbocycles. The van der Waals surface area contributed by atoms with Crippen molar-refractivity contribution in [1.82, 2.24) is 4.90 Å². The van der Waals surface area contributed by atoms with Gasteiger partial charge in [-0.2, -0.15) is 0 Å². The molecule has 0 N–H and O–H groups in total. The minimum atomic E-state index is 0.203. The highest BCUT2D eigenvalue weighted by molar-refractivity contribution is 5.83. The second-order valence-corrected chi connectivity index (χ2v) is 9.66. The zero-order valence-electron chi connectivity index (χ0n) is 18.0. The lowest BCUT2D eigenvalue weighted by atomic mass is 9.60. The molecule has 0 radical (unpaired) electrons. The maximum absolute atomic E-state index is 5.83. The van der Waals surface area contributed by atoms with Crippen LogP contribution >= 0.6 is 0 Å². The van der Waals surface area contributed by atoms with Crippen LogP contribution in [-0.2, 0) is 10.3 Å². The largest absolute Gasteiger partial charge is 0.379 e. The molecule has 1 aliphatic heterocycles. The molecule has 0 spiro atoms. The summed E-state index contributed by atoms with van der Waals surface area (Å²) in [6.07, 6.45) is 14.1. The Morgan fingerprint density at radius 2 is 1.28 bits per heavy atom. The molecule has 2 aromatic rings.